The molecule has 0 saturated heterocycles. The highest BCUT2D eigenvalue weighted by atomic mass is 16.5. The van der Waals surface area contributed by atoms with Crippen molar-refractivity contribution in [3.05, 3.63) is 41.5 Å². The number of carbonyl (C=O) groups excluding carboxylic acids is 1. The van der Waals surface area contributed by atoms with Crippen LogP contribution in [-0.2, 0) is 11.4 Å². The molecule has 0 spiro atoms. The predicted octanol–water partition coefficient (Wildman–Crippen LogP) is 1.68. The zero-order valence-corrected chi connectivity index (χ0v) is 16.7. The Morgan fingerprint density at radius 1 is 0.862 bits per heavy atom. The fourth-order valence-corrected chi connectivity index (χ4v) is 2.84. The molecular formula is C20H23N3O6. The molecular weight excluding hydrogens is 378 g/mol. The predicted molar refractivity (Wildman–Crippen MR) is 106 cm³/mol. The van der Waals surface area contributed by atoms with E-state index in [1.54, 1.807) is 40.6 Å². The van der Waals surface area contributed by atoms with Crippen molar-refractivity contribution < 1.29 is 28.5 Å². The molecule has 0 radical (unpaired) electrons. The van der Waals surface area contributed by atoms with Crippen LogP contribution in [0.3, 0.4) is 0 Å². The van der Waals surface area contributed by atoms with Crippen molar-refractivity contribution in [2.75, 3.05) is 35.0 Å². The molecule has 1 aliphatic rings. The van der Waals surface area contributed by atoms with Crippen molar-refractivity contribution in [2.24, 2.45) is 4.99 Å². The van der Waals surface area contributed by atoms with Crippen molar-refractivity contribution in [2.45, 2.75) is 6.61 Å². The third-order valence-electron chi connectivity index (χ3n) is 4.26. The summed E-state index contributed by atoms with van der Waals surface area (Å²) in [7, 11) is 6.24. The lowest BCUT2D eigenvalue weighted by Gasteiger charge is -2.18. The minimum atomic E-state index is -0.189. The summed E-state index contributed by atoms with van der Waals surface area (Å²) >= 11 is 0. The molecule has 9 heteroatoms. The van der Waals surface area contributed by atoms with Gasteiger partial charge in [0.15, 0.2) is 23.0 Å². The lowest BCUT2D eigenvalue weighted by atomic mass is 10.1. The van der Waals surface area contributed by atoms with Crippen LogP contribution in [0.5, 0.6) is 28.7 Å². The van der Waals surface area contributed by atoms with Gasteiger partial charge in [-0.05, 0) is 35.9 Å². The van der Waals surface area contributed by atoms with Gasteiger partial charge in [0.05, 0.1) is 28.4 Å². The number of nitrogens with zero attached hydrogens (tertiary/aromatic N) is 1. The number of hydrazine groups is 1. The number of nitrogens with one attached hydrogen (secondary N) is 2. The first kappa shape index (κ1) is 20.1. The molecule has 0 atom stereocenters. The SMILES string of the molecule is COc1cc(C2=NCC(=O)NN2)ccc1OCc1cc(OC)c(OC)c(OC)c1. The number of benzene rings is 2. The summed E-state index contributed by atoms with van der Waals surface area (Å²) in [5, 5.41) is 0. The van der Waals surface area contributed by atoms with Crippen LogP contribution in [0.2, 0.25) is 0 Å². The summed E-state index contributed by atoms with van der Waals surface area (Å²) in [4.78, 5) is 15.4. The molecule has 2 aromatic carbocycles. The van der Waals surface area contributed by atoms with Crippen LogP contribution < -0.4 is 34.5 Å². The average molecular weight is 401 g/mol. The quantitative estimate of drug-likeness (QED) is 0.694. The lowest BCUT2D eigenvalue weighted by Crippen LogP contribution is -2.47. The Morgan fingerprint density at radius 3 is 2.10 bits per heavy atom. The van der Waals surface area contributed by atoms with E-state index in [0.29, 0.717) is 34.6 Å². The third-order valence-corrected chi connectivity index (χ3v) is 4.26. The average Bonchev–Trinajstić information content (AvgIpc) is 2.77. The normalized spacial score (nSPS) is 13.0. The van der Waals surface area contributed by atoms with Crippen molar-refractivity contribution >= 4 is 11.7 Å². The summed E-state index contributed by atoms with van der Waals surface area (Å²) in [6, 6.07) is 9.05. The van der Waals surface area contributed by atoms with E-state index < -0.39 is 0 Å². The van der Waals surface area contributed by atoms with Gasteiger partial charge < -0.3 is 23.7 Å². The van der Waals surface area contributed by atoms with Gasteiger partial charge in [0.2, 0.25) is 5.75 Å². The van der Waals surface area contributed by atoms with E-state index >= 15 is 0 Å². The number of hydrogen-bond acceptors (Lipinski definition) is 8. The van der Waals surface area contributed by atoms with Gasteiger partial charge >= 0.3 is 0 Å². The summed E-state index contributed by atoms with van der Waals surface area (Å²) in [6.07, 6.45) is 0. The highest BCUT2D eigenvalue weighted by Gasteiger charge is 2.16. The fourth-order valence-electron chi connectivity index (χ4n) is 2.84. The Bertz CT molecular complexity index is 903. The van der Waals surface area contributed by atoms with Crippen molar-refractivity contribution in [1.82, 2.24) is 10.9 Å². The van der Waals surface area contributed by atoms with Crippen molar-refractivity contribution in [3.63, 3.8) is 0 Å². The van der Waals surface area contributed by atoms with E-state index in [9.17, 15) is 4.79 Å². The van der Waals surface area contributed by atoms with Gasteiger partial charge in [-0.25, -0.2) is 0 Å². The first-order valence-electron chi connectivity index (χ1n) is 8.79. The topological polar surface area (TPSA) is 99.6 Å². The molecule has 3 rings (SSSR count). The van der Waals surface area contributed by atoms with Crippen LogP contribution in [0, 0.1) is 0 Å². The molecule has 1 heterocycles. The zero-order chi connectivity index (χ0) is 20.8. The molecule has 0 aromatic heterocycles. The zero-order valence-electron chi connectivity index (χ0n) is 16.7. The fraction of sp³-hybridized carbons (Fsp3) is 0.300. The van der Waals surface area contributed by atoms with E-state index in [-0.39, 0.29) is 19.1 Å². The smallest absolute Gasteiger partial charge is 0.260 e. The Hall–Kier alpha value is -3.62. The molecule has 0 aliphatic carbocycles. The maximum Gasteiger partial charge on any atom is 0.260 e. The van der Waals surface area contributed by atoms with Gasteiger partial charge in [-0.2, -0.15) is 0 Å². The highest BCUT2D eigenvalue weighted by molar-refractivity contribution is 6.03. The first-order chi connectivity index (χ1) is 14.1. The number of amidine groups is 1. The van der Waals surface area contributed by atoms with Gasteiger partial charge in [-0.1, -0.05) is 0 Å². The second-order valence-corrected chi connectivity index (χ2v) is 6.03. The molecule has 1 aliphatic heterocycles. The van der Waals surface area contributed by atoms with Gasteiger partial charge in [-0.3, -0.25) is 20.6 Å². The number of methoxy groups -OCH3 is 4. The van der Waals surface area contributed by atoms with E-state index in [4.69, 9.17) is 23.7 Å². The number of aliphatic imine (C=N–C) groups is 1. The van der Waals surface area contributed by atoms with Crippen molar-refractivity contribution in [3.8, 4) is 28.7 Å². The molecule has 2 aromatic rings. The maximum absolute atomic E-state index is 11.2. The Labute approximate surface area is 168 Å². The number of hydrogen-bond donors (Lipinski definition) is 2. The molecule has 0 bridgehead atoms. The molecule has 2 N–H and O–H groups in total. The summed E-state index contributed by atoms with van der Waals surface area (Å²) in [5.41, 5.74) is 6.90. The summed E-state index contributed by atoms with van der Waals surface area (Å²) in [5.74, 6) is 3.09. The molecule has 0 fully saturated rings. The maximum atomic E-state index is 11.2. The minimum absolute atomic E-state index is 0.0734. The van der Waals surface area contributed by atoms with Crippen LogP contribution in [0.4, 0.5) is 0 Å². The molecule has 0 unspecified atom stereocenters. The largest absolute Gasteiger partial charge is 0.493 e. The Kier molecular flexibility index (Phi) is 6.28. The second kappa shape index (κ2) is 9.05. The molecule has 154 valence electrons. The van der Waals surface area contributed by atoms with Crippen LogP contribution in [-0.4, -0.2) is 46.7 Å². The summed E-state index contributed by atoms with van der Waals surface area (Å²) in [6.45, 7) is 0.339. The lowest BCUT2D eigenvalue weighted by molar-refractivity contribution is -0.120. The molecule has 9 nitrogen and oxygen atoms in total. The van der Waals surface area contributed by atoms with E-state index in [1.165, 1.54) is 0 Å². The number of carbonyl (C=O) groups is 1. The summed E-state index contributed by atoms with van der Waals surface area (Å²) < 4.78 is 27.5. The van der Waals surface area contributed by atoms with E-state index in [1.807, 2.05) is 18.2 Å². The monoisotopic (exact) mass is 401 g/mol. The van der Waals surface area contributed by atoms with Gasteiger partial charge in [0, 0.05) is 5.56 Å². The Balaban J connectivity index is 1.79. The van der Waals surface area contributed by atoms with Crippen LogP contribution in [0.1, 0.15) is 11.1 Å². The van der Waals surface area contributed by atoms with Gasteiger partial charge in [0.1, 0.15) is 19.0 Å². The molecule has 1 amide bonds. The van der Waals surface area contributed by atoms with Gasteiger partial charge in [-0.15, -0.1) is 0 Å². The van der Waals surface area contributed by atoms with Gasteiger partial charge in [0.25, 0.3) is 5.91 Å². The van der Waals surface area contributed by atoms with E-state index in [2.05, 4.69) is 15.8 Å². The van der Waals surface area contributed by atoms with Crippen LogP contribution in [0.25, 0.3) is 0 Å². The van der Waals surface area contributed by atoms with Crippen molar-refractivity contribution in [1.29, 1.82) is 0 Å². The molecule has 29 heavy (non-hydrogen) atoms. The van der Waals surface area contributed by atoms with Crippen LogP contribution in [0.15, 0.2) is 35.3 Å². The first-order valence-corrected chi connectivity index (χ1v) is 8.79. The second-order valence-electron chi connectivity index (χ2n) is 6.03. The number of amides is 1. The Morgan fingerprint density at radius 2 is 1.55 bits per heavy atom. The minimum Gasteiger partial charge on any atom is -0.493 e. The molecule has 0 saturated carbocycles. The number of ether oxygens (including phenoxy) is 5. The van der Waals surface area contributed by atoms with Crippen LogP contribution >= 0.6 is 0 Å². The van der Waals surface area contributed by atoms with E-state index in [0.717, 1.165) is 11.1 Å². The standard InChI is InChI=1S/C20H23N3O6/c1-25-15-9-13(20-21-10-18(24)22-23-20)5-6-14(15)29-11-12-7-16(26-2)19(28-4)17(8-12)27-3/h5-9H,10-11H2,1-4H3,(H,21,23)(H,22,24). The third kappa shape index (κ3) is 4.45. The highest BCUT2D eigenvalue weighted by Crippen LogP contribution is 2.38. The number of rotatable bonds is 8.